The number of nitrogens with zero attached hydrogens (tertiary/aromatic N) is 3. The summed E-state index contributed by atoms with van der Waals surface area (Å²) in [6, 6.07) is 12.9. The van der Waals surface area contributed by atoms with Gasteiger partial charge in [-0.15, -0.1) is 0 Å². The van der Waals surface area contributed by atoms with E-state index >= 15 is 0 Å². The van der Waals surface area contributed by atoms with Crippen molar-refractivity contribution in [3.05, 3.63) is 52.0 Å². The van der Waals surface area contributed by atoms with Crippen LogP contribution in [-0.2, 0) is 7.05 Å². The Labute approximate surface area is 126 Å². The van der Waals surface area contributed by atoms with E-state index in [1.165, 1.54) is 0 Å². The lowest BCUT2D eigenvalue weighted by Crippen LogP contribution is -1.93. The summed E-state index contributed by atoms with van der Waals surface area (Å²) in [6.07, 6.45) is 0. The molecule has 1 aromatic heterocycles. The Morgan fingerprint density at radius 1 is 1.15 bits per heavy atom. The molecule has 0 spiro atoms. The highest BCUT2D eigenvalue weighted by Gasteiger charge is 2.13. The highest BCUT2D eigenvalue weighted by atomic mass is 35.5. The molecule has 0 aliphatic carbocycles. The molecule has 0 aliphatic heterocycles. The van der Waals surface area contributed by atoms with Gasteiger partial charge >= 0.3 is 0 Å². The molecule has 0 atom stereocenters. The maximum absolute atomic E-state index is 8.94. The highest BCUT2D eigenvalue weighted by Crippen LogP contribution is 2.31. The van der Waals surface area contributed by atoms with Gasteiger partial charge in [0.15, 0.2) is 0 Å². The number of aromatic nitrogens is 2. The first-order valence-corrected chi connectivity index (χ1v) is 6.68. The Kier molecular flexibility index (Phi) is 3.13. The molecule has 98 valence electrons. The number of imidazole rings is 1. The summed E-state index contributed by atoms with van der Waals surface area (Å²) in [5.41, 5.74) is 3.12. The van der Waals surface area contributed by atoms with E-state index in [1.54, 1.807) is 24.3 Å². The third kappa shape index (κ3) is 2.03. The van der Waals surface area contributed by atoms with Crippen molar-refractivity contribution in [3.8, 4) is 17.5 Å². The molecule has 0 bridgehead atoms. The lowest BCUT2D eigenvalue weighted by Gasteiger charge is -2.05. The van der Waals surface area contributed by atoms with Crippen molar-refractivity contribution in [2.75, 3.05) is 0 Å². The second-order valence-corrected chi connectivity index (χ2v) is 5.28. The van der Waals surface area contributed by atoms with Gasteiger partial charge in [-0.2, -0.15) is 5.26 Å². The molecule has 2 aromatic carbocycles. The fourth-order valence-electron chi connectivity index (χ4n) is 2.18. The second-order valence-electron chi connectivity index (χ2n) is 4.43. The normalized spacial score (nSPS) is 10.7. The van der Waals surface area contributed by atoms with Crippen LogP contribution in [0.1, 0.15) is 5.56 Å². The average molecular weight is 302 g/mol. The van der Waals surface area contributed by atoms with E-state index in [1.807, 2.05) is 23.7 Å². The van der Waals surface area contributed by atoms with Crippen molar-refractivity contribution in [2.45, 2.75) is 0 Å². The molecule has 0 fully saturated rings. The van der Waals surface area contributed by atoms with Crippen LogP contribution in [0.15, 0.2) is 36.4 Å². The first-order chi connectivity index (χ1) is 9.60. The largest absolute Gasteiger partial charge is 0.327 e. The lowest BCUT2D eigenvalue weighted by molar-refractivity contribution is 0.959. The minimum Gasteiger partial charge on any atom is -0.327 e. The van der Waals surface area contributed by atoms with Gasteiger partial charge in [0.2, 0.25) is 0 Å². The van der Waals surface area contributed by atoms with E-state index in [4.69, 9.17) is 28.5 Å². The molecule has 0 saturated carbocycles. The summed E-state index contributed by atoms with van der Waals surface area (Å²) in [6.45, 7) is 0. The topological polar surface area (TPSA) is 41.6 Å². The number of fused-ring (bicyclic) bond motifs is 1. The molecule has 1 heterocycles. The minimum absolute atomic E-state index is 0.552. The van der Waals surface area contributed by atoms with E-state index in [-0.39, 0.29) is 0 Å². The number of hydrogen-bond acceptors (Lipinski definition) is 2. The molecule has 20 heavy (non-hydrogen) atoms. The van der Waals surface area contributed by atoms with Crippen molar-refractivity contribution < 1.29 is 0 Å². The summed E-state index contributed by atoms with van der Waals surface area (Å²) >= 11 is 12.1. The summed E-state index contributed by atoms with van der Waals surface area (Å²) in [7, 11) is 1.92. The summed E-state index contributed by atoms with van der Waals surface area (Å²) in [4.78, 5) is 4.57. The third-order valence-electron chi connectivity index (χ3n) is 3.18. The van der Waals surface area contributed by atoms with Crippen LogP contribution in [0.25, 0.3) is 22.4 Å². The molecule has 3 rings (SSSR count). The van der Waals surface area contributed by atoms with Gasteiger partial charge in [0.25, 0.3) is 0 Å². The van der Waals surface area contributed by atoms with Crippen molar-refractivity contribution in [1.29, 1.82) is 5.26 Å². The van der Waals surface area contributed by atoms with E-state index in [2.05, 4.69) is 11.1 Å². The average Bonchev–Trinajstić information content (AvgIpc) is 2.75. The molecular formula is C15H9Cl2N3. The van der Waals surface area contributed by atoms with Crippen LogP contribution in [0.4, 0.5) is 0 Å². The molecule has 0 unspecified atom stereocenters. The van der Waals surface area contributed by atoms with Crippen LogP contribution in [0.5, 0.6) is 0 Å². The number of benzene rings is 2. The van der Waals surface area contributed by atoms with Crippen molar-refractivity contribution in [3.63, 3.8) is 0 Å². The van der Waals surface area contributed by atoms with E-state index < -0.39 is 0 Å². The molecule has 0 amide bonds. The second kappa shape index (κ2) is 4.82. The molecule has 5 heteroatoms. The standard InChI is InChI=1S/C15H9Cl2N3/c1-20-14-5-2-9(8-18)6-13(14)19-15(20)11-4-3-10(16)7-12(11)17/h2-7H,1H3. The zero-order valence-electron chi connectivity index (χ0n) is 10.6. The Hall–Kier alpha value is -2.02. The molecule has 3 nitrogen and oxygen atoms in total. The minimum atomic E-state index is 0.552. The number of halogens is 2. The Morgan fingerprint density at radius 2 is 1.95 bits per heavy atom. The van der Waals surface area contributed by atoms with Gasteiger partial charge in [-0.05, 0) is 36.4 Å². The predicted molar refractivity (Wildman–Crippen MR) is 80.9 cm³/mol. The number of rotatable bonds is 1. The van der Waals surface area contributed by atoms with Crippen molar-refractivity contribution >= 4 is 34.2 Å². The summed E-state index contributed by atoms with van der Waals surface area (Å²) in [5, 5.41) is 10.1. The van der Waals surface area contributed by atoms with Gasteiger partial charge in [-0.25, -0.2) is 4.98 Å². The van der Waals surface area contributed by atoms with Gasteiger partial charge in [0.05, 0.1) is 27.7 Å². The summed E-state index contributed by atoms with van der Waals surface area (Å²) in [5.74, 6) is 0.747. The summed E-state index contributed by atoms with van der Waals surface area (Å²) < 4.78 is 1.95. The van der Waals surface area contributed by atoms with E-state index in [0.29, 0.717) is 15.6 Å². The first-order valence-electron chi connectivity index (χ1n) is 5.92. The van der Waals surface area contributed by atoms with Gasteiger partial charge in [0, 0.05) is 17.6 Å². The molecule has 0 aliphatic rings. The fourth-order valence-corrected chi connectivity index (χ4v) is 2.67. The quantitative estimate of drug-likeness (QED) is 0.667. The third-order valence-corrected chi connectivity index (χ3v) is 3.73. The Morgan fingerprint density at radius 3 is 2.65 bits per heavy atom. The monoisotopic (exact) mass is 301 g/mol. The smallest absolute Gasteiger partial charge is 0.142 e. The van der Waals surface area contributed by atoms with Gasteiger partial charge in [-0.3, -0.25) is 0 Å². The number of aryl methyl sites for hydroxylation is 1. The molecule has 3 aromatic rings. The van der Waals surface area contributed by atoms with Crippen LogP contribution < -0.4 is 0 Å². The van der Waals surface area contributed by atoms with Gasteiger partial charge < -0.3 is 4.57 Å². The Bertz CT molecular complexity index is 859. The molecule has 0 saturated heterocycles. The Balaban J connectivity index is 2.26. The first kappa shape index (κ1) is 13.0. The maximum Gasteiger partial charge on any atom is 0.142 e. The van der Waals surface area contributed by atoms with Crippen LogP contribution in [0, 0.1) is 11.3 Å². The number of hydrogen-bond donors (Lipinski definition) is 0. The fraction of sp³-hybridized carbons (Fsp3) is 0.0667. The van der Waals surface area contributed by atoms with Gasteiger partial charge in [-0.1, -0.05) is 23.2 Å². The highest BCUT2D eigenvalue weighted by molar-refractivity contribution is 6.36. The number of nitriles is 1. The lowest BCUT2D eigenvalue weighted by atomic mass is 10.2. The molecule has 0 radical (unpaired) electrons. The zero-order chi connectivity index (χ0) is 14.3. The van der Waals surface area contributed by atoms with Crippen molar-refractivity contribution in [2.24, 2.45) is 7.05 Å². The molecular weight excluding hydrogens is 293 g/mol. The zero-order valence-corrected chi connectivity index (χ0v) is 12.1. The molecule has 0 N–H and O–H groups in total. The van der Waals surface area contributed by atoms with Crippen LogP contribution in [0.3, 0.4) is 0 Å². The van der Waals surface area contributed by atoms with E-state index in [9.17, 15) is 0 Å². The van der Waals surface area contributed by atoms with Crippen LogP contribution in [0.2, 0.25) is 10.0 Å². The van der Waals surface area contributed by atoms with Crippen LogP contribution in [-0.4, -0.2) is 9.55 Å². The van der Waals surface area contributed by atoms with Gasteiger partial charge in [0.1, 0.15) is 5.82 Å². The van der Waals surface area contributed by atoms with Crippen LogP contribution >= 0.6 is 23.2 Å². The van der Waals surface area contributed by atoms with Crippen molar-refractivity contribution in [1.82, 2.24) is 9.55 Å². The SMILES string of the molecule is Cn1c(-c2ccc(Cl)cc2Cl)nc2cc(C#N)ccc21. The predicted octanol–water partition coefficient (Wildman–Crippen LogP) is 4.42. The van der Waals surface area contributed by atoms with E-state index in [0.717, 1.165) is 22.4 Å². The maximum atomic E-state index is 8.94.